The van der Waals surface area contributed by atoms with Gasteiger partial charge in [0.2, 0.25) is 5.91 Å². The second kappa shape index (κ2) is 11.0. The van der Waals surface area contributed by atoms with Crippen molar-refractivity contribution in [3.63, 3.8) is 0 Å². The fourth-order valence-electron chi connectivity index (χ4n) is 4.24. The molecular formula is C27H28FN3O4. The van der Waals surface area contributed by atoms with Crippen LogP contribution in [0.4, 0.5) is 4.39 Å². The van der Waals surface area contributed by atoms with Crippen LogP contribution in [0.1, 0.15) is 44.9 Å². The number of halogens is 1. The number of carbonyl (C=O) groups is 3. The first-order valence-corrected chi connectivity index (χ1v) is 11.6. The van der Waals surface area contributed by atoms with E-state index in [2.05, 4.69) is 10.6 Å². The number of carbonyl (C=O) groups excluding carboxylic acids is 3. The molecule has 0 radical (unpaired) electrons. The SMILES string of the molecule is Cc1ccc(C(=O)N[C@H](C(=O)NCc2ccco2)C2CCN(C(=O)c3ccc(F)cc3)CC2)cc1. The molecule has 1 aromatic heterocycles. The van der Waals surface area contributed by atoms with Crippen molar-refractivity contribution in [3.05, 3.63) is 95.2 Å². The van der Waals surface area contributed by atoms with Gasteiger partial charge in [-0.15, -0.1) is 0 Å². The predicted molar refractivity (Wildman–Crippen MR) is 128 cm³/mol. The Morgan fingerprint density at radius 3 is 2.29 bits per heavy atom. The van der Waals surface area contributed by atoms with Crippen molar-refractivity contribution >= 4 is 17.7 Å². The number of amides is 3. The molecule has 8 heteroatoms. The molecule has 0 bridgehead atoms. The summed E-state index contributed by atoms with van der Waals surface area (Å²) in [5, 5.41) is 5.76. The molecule has 1 aliphatic heterocycles. The third-order valence-electron chi connectivity index (χ3n) is 6.29. The van der Waals surface area contributed by atoms with E-state index < -0.39 is 11.9 Å². The number of aryl methyl sites for hydroxylation is 1. The van der Waals surface area contributed by atoms with E-state index in [0.29, 0.717) is 42.8 Å². The molecule has 182 valence electrons. The minimum Gasteiger partial charge on any atom is -0.467 e. The highest BCUT2D eigenvalue weighted by Gasteiger charge is 2.34. The van der Waals surface area contributed by atoms with E-state index in [1.165, 1.54) is 30.5 Å². The summed E-state index contributed by atoms with van der Waals surface area (Å²) in [6.45, 7) is 3.02. The summed E-state index contributed by atoms with van der Waals surface area (Å²) >= 11 is 0. The molecule has 7 nitrogen and oxygen atoms in total. The molecule has 2 aromatic carbocycles. The van der Waals surface area contributed by atoms with Crippen molar-refractivity contribution in [1.29, 1.82) is 0 Å². The van der Waals surface area contributed by atoms with E-state index in [0.717, 1.165) is 5.56 Å². The number of hydrogen-bond donors (Lipinski definition) is 2. The van der Waals surface area contributed by atoms with Crippen LogP contribution in [0.3, 0.4) is 0 Å². The number of nitrogens with one attached hydrogen (secondary N) is 2. The van der Waals surface area contributed by atoms with Gasteiger partial charge in [-0.3, -0.25) is 14.4 Å². The van der Waals surface area contributed by atoms with Crippen LogP contribution in [-0.2, 0) is 11.3 Å². The summed E-state index contributed by atoms with van der Waals surface area (Å²) in [4.78, 5) is 40.6. The average Bonchev–Trinajstić information content (AvgIpc) is 3.40. The van der Waals surface area contributed by atoms with Crippen LogP contribution in [0, 0.1) is 18.7 Å². The maximum Gasteiger partial charge on any atom is 0.253 e. The van der Waals surface area contributed by atoms with Crippen molar-refractivity contribution < 1.29 is 23.2 Å². The minimum atomic E-state index is -0.762. The molecule has 35 heavy (non-hydrogen) atoms. The van der Waals surface area contributed by atoms with Crippen molar-refractivity contribution in [1.82, 2.24) is 15.5 Å². The van der Waals surface area contributed by atoms with Crippen LogP contribution >= 0.6 is 0 Å². The lowest BCUT2D eigenvalue weighted by molar-refractivity contribution is -0.124. The van der Waals surface area contributed by atoms with E-state index in [1.54, 1.807) is 29.2 Å². The Balaban J connectivity index is 1.43. The molecule has 1 atom stereocenters. The van der Waals surface area contributed by atoms with Gasteiger partial charge >= 0.3 is 0 Å². The highest BCUT2D eigenvalue weighted by molar-refractivity contribution is 5.97. The van der Waals surface area contributed by atoms with Gasteiger partial charge in [0.15, 0.2) is 0 Å². The first-order valence-electron chi connectivity index (χ1n) is 11.6. The Kier molecular flexibility index (Phi) is 7.60. The van der Waals surface area contributed by atoms with E-state index in [-0.39, 0.29) is 30.2 Å². The molecule has 1 saturated heterocycles. The van der Waals surface area contributed by atoms with Gasteiger partial charge in [-0.05, 0) is 74.2 Å². The second-order valence-corrected chi connectivity index (χ2v) is 8.75. The molecule has 3 amide bonds. The third-order valence-corrected chi connectivity index (χ3v) is 6.29. The van der Waals surface area contributed by atoms with Crippen molar-refractivity contribution in [2.75, 3.05) is 13.1 Å². The largest absolute Gasteiger partial charge is 0.467 e. The number of hydrogen-bond acceptors (Lipinski definition) is 4. The maximum absolute atomic E-state index is 13.2. The Morgan fingerprint density at radius 1 is 1.00 bits per heavy atom. The van der Waals surface area contributed by atoms with Gasteiger partial charge in [0.1, 0.15) is 17.6 Å². The average molecular weight is 478 g/mol. The van der Waals surface area contributed by atoms with Crippen molar-refractivity contribution in [3.8, 4) is 0 Å². The Labute approximate surface area is 203 Å². The van der Waals surface area contributed by atoms with E-state index in [4.69, 9.17) is 4.42 Å². The summed E-state index contributed by atoms with van der Waals surface area (Å²) in [5.41, 5.74) is 1.93. The molecule has 1 fully saturated rings. The normalized spacial score (nSPS) is 14.9. The second-order valence-electron chi connectivity index (χ2n) is 8.75. The number of piperidine rings is 1. The number of benzene rings is 2. The van der Waals surface area contributed by atoms with Crippen LogP contribution in [0.25, 0.3) is 0 Å². The summed E-state index contributed by atoms with van der Waals surface area (Å²) < 4.78 is 18.5. The lowest BCUT2D eigenvalue weighted by Crippen LogP contribution is -2.53. The lowest BCUT2D eigenvalue weighted by Gasteiger charge is -2.35. The number of furan rings is 1. The maximum atomic E-state index is 13.2. The zero-order chi connectivity index (χ0) is 24.8. The summed E-state index contributed by atoms with van der Waals surface area (Å²) in [7, 11) is 0. The number of nitrogens with zero attached hydrogens (tertiary/aromatic N) is 1. The van der Waals surface area contributed by atoms with E-state index >= 15 is 0 Å². The molecule has 2 heterocycles. The fourth-order valence-corrected chi connectivity index (χ4v) is 4.24. The smallest absolute Gasteiger partial charge is 0.253 e. The fraction of sp³-hybridized carbons (Fsp3) is 0.296. The monoisotopic (exact) mass is 477 g/mol. The third kappa shape index (κ3) is 6.15. The first kappa shape index (κ1) is 24.2. The molecule has 0 saturated carbocycles. The van der Waals surface area contributed by atoms with Crippen LogP contribution in [0.2, 0.25) is 0 Å². The highest BCUT2D eigenvalue weighted by atomic mass is 19.1. The summed E-state index contributed by atoms with van der Waals surface area (Å²) in [6, 6.07) is 15.4. The Bertz CT molecular complexity index is 1150. The summed E-state index contributed by atoms with van der Waals surface area (Å²) in [5.74, 6) is -0.739. The van der Waals surface area contributed by atoms with Crippen molar-refractivity contribution in [2.45, 2.75) is 32.4 Å². The molecule has 0 spiro atoms. The molecule has 1 aliphatic rings. The zero-order valence-corrected chi connectivity index (χ0v) is 19.5. The quantitative estimate of drug-likeness (QED) is 0.543. The molecule has 2 N–H and O–H groups in total. The lowest BCUT2D eigenvalue weighted by atomic mass is 9.88. The van der Waals surface area contributed by atoms with Crippen molar-refractivity contribution in [2.24, 2.45) is 5.92 Å². The molecule has 3 aromatic rings. The topological polar surface area (TPSA) is 91.7 Å². The first-order chi connectivity index (χ1) is 16.9. The Morgan fingerprint density at radius 2 is 1.66 bits per heavy atom. The van der Waals surface area contributed by atoms with Crippen LogP contribution in [0.5, 0.6) is 0 Å². The van der Waals surface area contributed by atoms with E-state index in [1.807, 2.05) is 19.1 Å². The standard InChI is InChI=1S/C27H28FN3O4/c1-18-4-6-20(7-5-18)25(32)30-24(26(33)29-17-23-3-2-16-35-23)19-12-14-31(15-13-19)27(34)21-8-10-22(28)11-9-21/h2-11,16,19,24H,12-15,17H2,1H3,(H,29,33)(H,30,32)/t24-/m0/s1. The molecular weight excluding hydrogens is 449 g/mol. The molecule has 0 aliphatic carbocycles. The highest BCUT2D eigenvalue weighted by Crippen LogP contribution is 2.23. The van der Waals surface area contributed by atoms with Gasteiger partial charge in [0.25, 0.3) is 11.8 Å². The van der Waals surface area contributed by atoms with Gasteiger partial charge in [-0.1, -0.05) is 17.7 Å². The van der Waals surface area contributed by atoms with Gasteiger partial charge in [-0.25, -0.2) is 4.39 Å². The number of rotatable bonds is 7. The molecule has 0 unspecified atom stereocenters. The number of likely N-dealkylation sites (tertiary alicyclic amines) is 1. The Hall–Kier alpha value is -3.94. The van der Waals surface area contributed by atoms with Gasteiger partial charge < -0.3 is 20.0 Å². The van der Waals surface area contributed by atoms with Gasteiger partial charge in [0.05, 0.1) is 12.8 Å². The van der Waals surface area contributed by atoms with Gasteiger partial charge in [-0.2, -0.15) is 0 Å². The van der Waals surface area contributed by atoms with Crippen LogP contribution < -0.4 is 10.6 Å². The molecule has 4 rings (SSSR count). The van der Waals surface area contributed by atoms with E-state index in [9.17, 15) is 18.8 Å². The van der Waals surface area contributed by atoms with Crippen LogP contribution in [-0.4, -0.2) is 41.8 Å². The minimum absolute atomic E-state index is 0.154. The zero-order valence-electron chi connectivity index (χ0n) is 19.5. The predicted octanol–water partition coefficient (Wildman–Crippen LogP) is 3.69. The van der Waals surface area contributed by atoms with Crippen LogP contribution in [0.15, 0.2) is 71.3 Å². The van der Waals surface area contributed by atoms with Gasteiger partial charge in [0, 0.05) is 24.2 Å². The summed E-state index contributed by atoms with van der Waals surface area (Å²) in [6.07, 6.45) is 2.62.